The van der Waals surface area contributed by atoms with Crippen molar-refractivity contribution >= 4 is 40.6 Å². The zero-order valence-corrected chi connectivity index (χ0v) is 22.9. The van der Waals surface area contributed by atoms with Crippen LogP contribution in [0.15, 0.2) is 42.5 Å². The minimum absolute atomic E-state index is 0.0177. The summed E-state index contributed by atoms with van der Waals surface area (Å²) in [5.74, 6) is -0.543. The first-order valence-electron chi connectivity index (χ1n) is 12.0. The smallest absolute Gasteiger partial charge is 0.273 e. The second-order valence-electron chi connectivity index (χ2n) is 9.14. The Morgan fingerprint density at radius 3 is 2.32 bits per heavy atom. The van der Waals surface area contributed by atoms with Crippen molar-refractivity contribution in [1.82, 2.24) is 9.69 Å². The number of amides is 3. The van der Waals surface area contributed by atoms with Crippen LogP contribution in [0.2, 0.25) is 0 Å². The molecule has 5 N–H and O–H groups in total. The molecule has 1 atom stereocenters. The molecule has 0 spiro atoms. The summed E-state index contributed by atoms with van der Waals surface area (Å²) in [7, 11) is 3.02. The highest BCUT2D eigenvalue weighted by molar-refractivity contribution is 7.09. The van der Waals surface area contributed by atoms with Crippen molar-refractivity contribution in [2.24, 2.45) is 11.7 Å². The highest BCUT2D eigenvalue weighted by atomic mass is 32.1. The molecule has 0 unspecified atom stereocenters. The van der Waals surface area contributed by atoms with Crippen LogP contribution in [0.3, 0.4) is 0 Å². The summed E-state index contributed by atoms with van der Waals surface area (Å²) in [6.07, 6.45) is 0.756. The van der Waals surface area contributed by atoms with Crippen LogP contribution in [0, 0.1) is 12.8 Å². The van der Waals surface area contributed by atoms with E-state index in [1.54, 1.807) is 43.5 Å². The number of primary amides is 1. The number of nitrogens with zero attached hydrogens (tertiary/aromatic N) is 2. The molecule has 3 rings (SSSR count). The van der Waals surface area contributed by atoms with Gasteiger partial charge in [-0.1, -0.05) is 32.0 Å². The molecule has 3 aromatic rings. The van der Waals surface area contributed by atoms with Crippen LogP contribution in [0.1, 0.15) is 57.6 Å². The molecule has 202 valence electrons. The van der Waals surface area contributed by atoms with Crippen molar-refractivity contribution in [2.75, 3.05) is 31.4 Å². The molecular formula is C27H33N5O5S. The fourth-order valence-electron chi connectivity index (χ4n) is 3.88. The van der Waals surface area contributed by atoms with Gasteiger partial charge in [0.15, 0.2) is 5.69 Å². The molecule has 0 aliphatic heterocycles. The summed E-state index contributed by atoms with van der Waals surface area (Å²) in [5.41, 5.74) is 12.9. The van der Waals surface area contributed by atoms with Gasteiger partial charge in [0.05, 0.1) is 25.6 Å². The van der Waals surface area contributed by atoms with Gasteiger partial charge in [-0.2, -0.15) is 4.37 Å². The number of carbonyl (C=O) groups is 3. The fraction of sp³-hybridized carbons (Fsp3) is 0.333. The van der Waals surface area contributed by atoms with Gasteiger partial charge in [-0.3, -0.25) is 19.3 Å². The predicted molar refractivity (Wildman–Crippen MR) is 148 cm³/mol. The largest absolute Gasteiger partial charge is 0.497 e. The lowest BCUT2D eigenvalue weighted by atomic mass is 10.0. The van der Waals surface area contributed by atoms with E-state index in [4.69, 9.17) is 20.9 Å². The third-order valence-electron chi connectivity index (χ3n) is 5.93. The maximum absolute atomic E-state index is 14.2. The van der Waals surface area contributed by atoms with Gasteiger partial charge < -0.3 is 26.3 Å². The number of rotatable bonds is 11. The van der Waals surface area contributed by atoms with Crippen LogP contribution in [0.25, 0.3) is 0 Å². The highest BCUT2D eigenvalue weighted by Gasteiger charge is 2.37. The third kappa shape index (κ3) is 6.23. The first-order chi connectivity index (χ1) is 18.1. The van der Waals surface area contributed by atoms with Crippen LogP contribution in [0.5, 0.6) is 11.5 Å². The molecule has 0 aliphatic rings. The Morgan fingerprint density at radius 2 is 1.76 bits per heavy atom. The van der Waals surface area contributed by atoms with E-state index >= 15 is 0 Å². The second-order valence-corrected chi connectivity index (χ2v) is 9.91. The fourth-order valence-corrected chi connectivity index (χ4v) is 4.62. The number of nitrogen functional groups attached to an aromatic ring is 1. The number of benzene rings is 2. The van der Waals surface area contributed by atoms with Gasteiger partial charge in [0.1, 0.15) is 22.4 Å². The van der Waals surface area contributed by atoms with Crippen molar-refractivity contribution < 1.29 is 23.9 Å². The van der Waals surface area contributed by atoms with E-state index in [2.05, 4.69) is 23.5 Å². The maximum Gasteiger partial charge on any atom is 0.273 e. The zero-order chi connectivity index (χ0) is 28.0. The summed E-state index contributed by atoms with van der Waals surface area (Å²) in [4.78, 5) is 41.1. The van der Waals surface area contributed by atoms with Crippen LogP contribution < -0.4 is 31.2 Å². The summed E-state index contributed by atoms with van der Waals surface area (Å²) in [5, 5.41) is 2.97. The number of hydrogen-bond donors (Lipinski definition) is 3. The van der Waals surface area contributed by atoms with Crippen LogP contribution in [-0.4, -0.2) is 42.9 Å². The molecule has 38 heavy (non-hydrogen) atoms. The molecule has 0 aliphatic carbocycles. The summed E-state index contributed by atoms with van der Waals surface area (Å²) in [6, 6.07) is 11.1. The number of nitrogens with two attached hydrogens (primary N) is 2. The van der Waals surface area contributed by atoms with Crippen molar-refractivity contribution in [1.29, 1.82) is 0 Å². The first-order valence-corrected chi connectivity index (χ1v) is 12.8. The van der Waals surface area contributed by atoms with E-state index in [1.165, 1.54) is 12.0 Å². The molecule has 0 saturated heterocycles. The van der Waals surface area contributed by atoms with E-state index in [-0.39, 0.29) is 16.3 Å². The van der Waals surface area contributed by atoms with Gasteiger partial charge in [0.25, 0.3) is 11.8 Å². The quantitative estimate of drug-likeness (QED) is 0.336. The molecule has 0 radical (unpaired) electrons. The molecule has 0 fully saturated rings. The molecule has 11 heteroatoms. The Hall–Kier alpha value is -4.12. The van der Waals surface area contributed by atoms with Gasteiger partial charge >= 0.3 is 0 Å². The number of aromatic nitrogens is 1. The Morgan fingerprint density at radius 1 is 1.08 bits per heavy atom. The molecular weight excluding hydrogens is 506 g/mol. The number of aryl methyl sites for hydroxylation is 1. The minimum Gasteiger partial charge on any atom is -0.497 e. The predicted octanol–water partition coefficient (Wildman–Crippen LogP) is 3.70. The van der Waals surface area contributed by atoms with Crippen molar-refractivity contribution in [3.8, 4) is 11.5 Å². The molecule has 0 bridgehead atoms. The van der Waals surface area contributed by atoms with E-state index in [1.807, 2.05) is 13.0 Å². The van der Waals surface area contributed by atoms with Crippen LogP contribution in [0.4, 0.5) is 11.4 Å². The van der Waals surface area contributed by atoms with Crippen molar-refractivity contribution in [2.45, 2.75) is 33.2 Å². The topological polar surface area (TPSA) is 150 Å². The van der Waals surface area contributed by atoms with E-state index in [0.29, 0.717) is 35.2 Å². The normalized spacial score (nSPS) is 11.6. The zero-order valence-electron chi connectivity index (χ0n) is 22.1. The number of nitrogens with one attached hydrogen (secondary N) is 1. The molecule has 0 saturated carbocycles. The molecule has 1 aromatic heterocycles. The van der Waals surface area contributed by atoms with Gasteiger partial charge in [-0.05, 0) is 66.2 Å². The van der Waals surface area contributed by atoms with Gasteiger partial charge in [-0.15, -0.1) is 0 Å². The SMILES string of the molecule is COc1ccc([C@H](C(=O)NCCC(C)C)N(C(=O)c2snc(C(N)=O)c2N)c2cc(C)ccc2OC)cc1. The van der Waals surface area contributed by atoms with Gasteiger partial charge in [0.2, 0.25) is 5.91 Å². The Balaban J connectivity index is 2.24. The molecule has 10 nitrogen and oxygen atoms in total. The van der Waals surface area contributed by atoms with E-state index < -0.39 is 23.8 Å². The lowest BCUT2D eigenvalue weighted by molar-refractivity contribution is -0.122. The van der Waals surface area contributed by atoms with E-state index in [0.717, 1.165) is 23.5 Å². The standard InChI is InChI=1S/C27H33N5O5S/c1-15(2)12-13-30-26(34)23(17-7-9-18(36-4)10-8-17)32(19-14-16(3)6-11-20(19)37-5)27(35)24-21(28)22(25(29)33)31-38-24/h6-11,14-15,23H,12-13,28H2,1-5H3,(H2,29,33)(H,30,34)/t23-/m1/s1. The number of anilines is 2. The summed E-state index contributed by atoms with van der Waals surface area (Å²) >= 11 is 0.746. The molecule has 2 aromatic carbocycles. The number of methoxy groups -OCH3 is 2. The highest BCUT2D eigenvalue weighted by Crippen LogP contribution is 2.39. The van der Waals surface area contributed by atoms with Gasteiger partial charge in [0, 0.05) is 6.54 Å². The Kier molecular flexibility index (Phi) is 9.30. The number of hydrogen-bond acceptors (Lipinski definition) is 8. The van der Waals surface area contributed by atoms with Crippen LogP contribution in [-0.2, 0) is 4.79 Å². The number of ether oxygens (including phenoxy) is 2. The first kappa shape index (κ1) is 28.5. The average molecular weight is 540 g/mol. The average Bonchev–Trinajstić information content (AvgIpc) is 3.28. The van der Waals surface area contributed by atoms with Crippen LogP contribution >= 0.6 is 11.5 Å². The minimum atomic E-state index is -1.12. The maximum atomic E-state index is 14.2. The Bertz CT molecular complexity index is 1310. The lowest BCUT2D eigenvalue weighted by Gasteiger charge is -2.32. The molecule has 1 heterocycles. The third-order valence-corrected chi connectivity index (χ3v) is 6.78. The monoisotopic (exact) mass is 539 g/mol. The second kappa shape index (κ2) is 12.4. The van der Waals surface area contributed by atoms with Gasteiger partial charge in [-0.25, -0.2) is 0 Å². The summed E-state index contributed by atoms with van der Waals surface area (Å²) < 4.78 is 14.9. The summed E-state index contributed by atoms with van der Waals surface area (Å²) in [6.45, 7) is 6.40. The van der Waals surface area contributed by atoms with Crippen molar-refractivity contribution in [3.05, 3.63) is 64.2 Å². The lowest BCUT2D eigenvalue weighted by Crippen LogP contribution is -2.44. The molecule has 3 amide bonds. The van der Waals surface area contributed by atoms with E-state index in [9.17, 15) is 14.4 Å². The van der Waals surface area contributed by atoms with Crippen molar-refractivity contribution in [3.63, 3.8) is 0 Å². The Labute approximate surface area is 226 Å². The number of carbonyl (C=O) groups excluding carboxylic acids is 3.